The first-order valence-electron chi connectivity index (χ1n) is 7.34. The molecular weight excluding hydrogens is 270 g/mol. The number of H-pyrrole nitrogens is 1. The van der Waals surface area contributed by atoms with Crippen molar-refractivity contribution in [1.82, 2.24) is 15.3 Å². The molecule has 6 nitrogen and oxygen atoms in total. The molecule has 1 heterocycles. The van der Waals surface area contributed by atoms with E-state index in [0.29, 0.717) is 24.4 Å². The second-order valence-electron chi connectivity index (χ2n) is 5.67. The van der Waals surface area contributed by atoms with E-state index in [4.69, 9.17) is 0 Å². The Hall–Kier alpha value is -1.69. The van der Waals surface area contributed by atoms with Crippen LogP contribution in [0.5, 0.6) is 0 Å². The van der Waals surface area contributed by atoms with E-state index in [1.807, 2.05) is 27.7 Å². The molecule has 0 atom stereocenters. The molecule has 1 amide bonds. The van der Waals surface area contributed by atoms with Gasteiger partial charge < -0.3 is 15.4 Å². The lowest BCUT2D eigenvalue weighted by Gasteiger charge is -2.30. The molecule has 1 rings (SSSR count). The van der Waals surface area contributed by atoms with E-state index in [0.717, 1.165) is 0 Å². The summed E-state index contributed by atoms with van der Waals surface area (Å²) in [7, 11) is 0. The van der Waals surface area contributed by atoms with Crippen LogP contribution in [-0.2, 0) is 0 Å². The first-order chi connectivity index (χ1) is 9.80. The number of amides is 1. The van der Waals surface area contributed by atoms with Crippen LogP contribution in [0.2, 0.25) is 0 Å². The first kappa shape index (κ1) is 17.4. The topological polar surface area (TPSA) is 95.1 Å². The summed E-state index contributed by atoms with van der Waals surface area (Å²) >= 11 is 0. The maximum Gasteiger partial charge on any atom is 0.264 e. The highest BCUT2D eigenvalue weighted by atomic mass is 16.3. The maximum atomic E-state index is 12.4. The third-order valence-corrected chi connectivity index (χ3v) is 3.93. The second kappa shape index (κ2) is 6.85. The van der Waals surface area contributed by atoms with Gasteiger partial charge in [0, 0.05) is 5.92 Å². The SMILES string of the molecule is CCC(CC)(CO)NC(=O)c1c(C)nc(C(C)C)[nH]c1=O. The van der Waals surface area contributed by atoms with Crippen molar-refractivity contribution in [2.45, 2.75) is 58.9 Å². The Morgan fingerprint density at radius 3 is 2.33 bits per heavy atom. The molecule has 0 aliphatic heterocycles. The Kier molecular flexibility index (Phi) is 5.66. The highest BCUT2D eigenvalue weighted by molar-refractivity contribution is 5.95. The molecule has 3 N–H and O–H groups in total. The summed E-state index contributed by atoms with van der Waals surface area (Å²) in [4.78, 5) is 31.4. The normalized spacial score (nSPS) is 11.8. The Morgan fingerprint density at radius 1 is 1.38 bits per heavy atom. The third kappa shape index (κ3) is 3.69. The lowest BCUT2D eigenvalue weighted by atomic mass is 9.93. The monoisotopic (exact) mass is 295 g/mol. The standard InChI is InChI=1S/C15H25N3O3/c1-6-15(7-2,8-19)18-14(21)11-10(5)16-12(9(3)4)17-13(11)20/h9,19H,6-8H2,1-5H3,(H,18,21)(H,16,17,20). The predicted molar refractivity (Wildman–Crippen MR) is 81.5 cm³/mol. The fourth-order valence-corrected chi connectivity index (χ4v) is 2.14. The van der Waals surface area contributed by atoms with Gasteiger partial charge >= 0.3 is 0 Å². The van der Waals surface area contributed by atoms with Crippen LogP contribution in [0.3, 0.4) is 0 Å². The molecular formula is C15H25N3O3. The van der Waals surface area contributed by atoms with Crippen molar-refractivity contribution >= 4 is 5.91 Å². The fraction of sp³-hybridized carbons (Fsp3) is 0.667. The van der Waals surface area contributed by atoms with Gasteiger partial charge in [0.15, 0.2) is 0 Å². The van der Waals surface area contributed by atoms with Crippen LogP contribution >= 0.6 is 0 Å². The molecule has 6 heteroatoms. The minimum Gasteiger partial charge on any atom is -0.394 e. The molecule has 0 bridgehead atoms. The van der Waals surface area contributed by atoms with Crippen molar-refractivity contribution in [2.75, 3.05) is 6.61 Å². The Bertz CT molecular complexity index is 552. The number of aliphatic hydroxyl groups excluding tert-OH is 1. The van der Waals surface area contributed by atoms with E-state index in [-0.39, 0.29) is 18.1 Å². The fourth-order valence-electron chi connectivity index (χ4n) is 2.14. The molecule has 0 aliphatic rings. The third-order valence-electron chi connectivity index (χ3n) is 3.93. The number of aryl methyl sites for hydroxylation is 1. The van der Waals surface area contributed by atoms with Crippen molar-refractivity contribution in [2.24, 2.45) is 0 Å². The molecule has 0 radical (unpaired) electrons. The van der Waals surface area contributed by atoms with Crippen molar-refractivity contribution in [3.05, 3.63) is 27.4 Å². The molecule has 0 fully saturated rings. The molecule has 0 saturated carbocycles. The van der Waals surface area contributed by atoms with E-state index in [1.165, 1.54) is 0 Å². The average Bonchev–Trinajstić information content (AvgIpc) is 2.44. The average molecular weight is 295 g/mol. The molecule has 1 aromatic rings. The van der Waals surface area contributed by atoms with Crippen LogP contribution in [0, 0.1) is 6.92 Å². The van der Waals surface area contributed by atoms with E-state index in [2.05, 4.69) is 15.3 Å². The Balaban J connectivity index is 3.17. The van der Waals surface area contributed by atoms with Crippen LogP contribution in [0.25, 0.3) is 0 Å². The summed E-state index contributed by atoms with van der Waals surface area (Å²) in [5.74, 6) is 0.152. The predicted octanol–water partition coefficient (Wildman–Crippen LogP) is 1.48. The van der Waals surface area contributed by atoms with Crippen LogP contribution < -0.4 is 10.9 Å². The number of nitrogens with zero attached hydrogens (tertiary/aromatic N) is 1. The number of carbonyl (C=O) groups excluding carboxylic acids is 1. The Labute approximate surface area is 125 Å². The molecule has 0 aromatic carbocycles. The number of carbonyl (C=O) groups is 1. The van der Waals surface area contributed by atoms with Crippen LogP contribution in [-0.4, -0.2) is 33.1 Å². The van der Waals surface area contributed by atoms with Gasteiger partial charge in [0.1, 0.15) is 11.4 Å². The quantitative estimate of drug-likeness (QED) is 0.741. The summed E-state index contributed by atoms with van der Waals surface area (Å²) in [6.45, 7) is 9.09. The van der Waals surface area contributed by atoms with Gasteiger partial charge in [0.25, 0.3) is 11.5 Å². The van der Waals surface area contributed by atoms with Crippen molar-refractivity contribution in [3.8, 4) is 0 Å². The molecule has 21 heavy (non-hydrogen) atoms. The largest absolute Gasteiger partial charge is 0.394 e. The zero-order valence-corrected chi connectivity index (χ0v) is 13.4. The van der Waals surface area contributed by atoms with Gasteiger partial charge in [0.05, 0.1) is 17.8 Å². The van der Waals surface area contributed by atoms with Crippen LogP contribution in [0.15, 0.2) is 4.79 Å². The maximum absolute atomic E-state index is 12.4. The van der Waals surface area contributed by atoms with E-state index < -0.39 is 17.0 Å². The summed E-state index contributed by atoms with van der Waals surface area (Å²) in [6, 6.07) is 0. The van der Waals surface area contributed by atoms with Gasteiger partial charge in [0.2, 0.25) is 0 Å². The van der Waals surface area contributed by atoms with Gasteiger partial charge in [-0.3, -0.25) is 9.59 Å². The summed E-state index contributed by atoms with van der Waals surface area (Å²) in [5.41, 5.74) is -0.729. The number of nitrogens with one attached hydrogen (secondary N) is 2. The van der Waals surface area contributed by atoms with Gasteiger partial charge in [-0.15, -0.1) is 0 Å². The highest BCUT2D eigenvalue weighted by Crippen LogP contribution is 2.15. The number of aromatic nitrogens is 2. The molecule has 0 saturated heterocycles. The van der Waals surface area contributed by atoms with Gasteiger partial charge in [-0.1, -0.05) is 27.7 Å². The lowest BCUT2D eigenvalue weighted by Crippen LogP contribution is -2.51. The van der Waals surface area contributed by atoms with E-state index in [9.17, 15) is 14.7 Å². The number of hydrogen-bond donors (Lipinski definition) is 3. The molecule has 1 aromatic heterocycles. The summed E-state index contributed by atoms with van der Waals surface area (Å²) in [6.07, 6.45) is 1.17. The number of aliphatic hydroxyl groups is 1. The van der Waals surface area contributed by atoms with Crippen molar-refractivity contribution in [1.29, 1.82) is 0 Å². The second-order valence-corrected chi connectivity index (χ2v) is 5.67. The molecule has 0 unspecified atom stereocenters. The minimum atomic E-state index is -0.702. The van der Waals surface area contributed by atoms with Crippen LogP contribution in [0.1, 0.15) is 68.3 Å². The molecule has 0 aliphatic carbocycles. The van der Waals surface area contributed by atoms with Crippen molar-refractivity contribution in [3.63, 3.8) is 0 Å². The zero-order valence-electron chi connectivity index (χ0n) is 13.4. The smallest absolute Gasteiger partial charge is 0.264 e. The van der Waals surface area contributed by atoms with Gasteiger partial charge in [-0.25, -0.2) is 4.98 Å². The minimum absolute atomic E-state index is 0.0131. The summed E-state index contributed by atoms with van der Waals surface area (Å²) < 4.78 is 0. The number of rotatable bonds is 6. The molecule has 0 spiro atoms. The zero-order chi connectivity index (χ0) is 16.2. The highest BCUT2D eigenvalue weighted by Gasteiger charge is 2.29. The Morgan fingerprint density at radius 2 is 1.95 bits per heavy atom. The van der Waals surface area contributed by atoms with E-state index in [1.54, 1.807) is 6.92 Å². The molecule has 118 valence electrons. The van der Waals surface area contributed by atoms with Gasteiger partial charge in [-0.2, -0.15) is 0 Å². The number of aromatic amines is 1. The summed E-state index contributed by atoms with van der Waals surface area (Å²) in [5, 5.41) is 12.3. The van der Waals surface area contributed by atoms with Gasteiger partial charge in [-0.05, 0) is 19.8 Å². The first-order valence-corrected chi connectivity index (χ1v) is 7.34. The van der Waals surface area contributed by atoms with Crippen molar-refractivity contribution < 1.29 is 9.90 Å². The van der Waals surface area contributed by atoms with E-state index >= 15 is 0 Å². The lowest BCUT2D eigenvalue weighted by molar-refractivity contribution is 0.0815. The van der Waals surface area contributed by atoms with Crippen LogP contribution in [0.4, 0.5) is 0 Å². The number of hydrogen-bond acceptors (Lipinski definition) is 4.